The van der Waals surface area contributed by atoms with Crippen molar-refractivity contribution in [1.82, 2.24) is 24.9 Å². The number of carbonyl (C=O) groups is 1. The number of hydrogen-bond donors (Lipinski definition) is 3. The number of amides is 1. The van der Waals surface area contributed by atoms with E-state index < -0.39 is 5.91 Å². The van der Waals surface area contributed by atoms with Crippen molar-refractivity contribution in [3.8, 4) is 5.75 Å². The minimum Gasteiger partial charge on any atom is -0.488 e. The van der Waals surface area contributed by atoms with Crippen molar-refractivity contribution >= 4 is 34.7 Å². The van der Waals surface area contributed by atoms with E-state index >= 15 is 0 Å². The summed E-state index contributed by atoms with van der Waals surface area (Å²) in [6.07, 6.45) is 8.34. The van der Waals surface area contributed by atoms with Gasteiger partial charge in [-0.2, -0.15) is 0 Å². The lowest BCUT2D eigenvalue weighted by atomic mass is 9.63. The maximum atomic E-state index is 12.9. The van der Waals surface area contributed by atoms with Gasteiger partial charge in [-0.05, 0) is 12.8 Å². The fourth-order valence-electron chi connectivity index (χ4n) is 3.85. The number of nitrogen functional groups attached to an aromatic ring is 1. The molecule has 0 aromatic carbocycles. The average Bonchev–Trinajstić information content (AvgIpc) is 2.92. The fourth-order valence-corrected chi connectivity index (χ4v) is 3.99. The van der Waals surface area contributed by atoms with Gasteiger partial charge in [0.25, 0.3) is 5.91 Å². The van der Waals surface area contributed by atoms with E-state index in [2.05, 4.69) is 25.7 Å². The highest BCUT2D eigenvalue weighted by Crippen LogP contribution is 2.46. The Morgan fingerprint density at radius 1 is 1.39 bits per heavy atom. The quantitative estimate of drug-likeness (QED) is 0.611. The number of nitrogens with zero attached hydrogens (tertiary/aromatic N) is 4. The third-order valence-corrected chi connectivity index (χ3v) is 5.53. The summed E-state index contributed by atoms with van der Waals surface area (Å²) in [5, 5.41) is 10.6. The van der Waals surface area contributed by atoms with Crippen LogP contribution in [0.3, 0.4) is 0 Å². The highest BCUT2D eigenvalue weighted by Gasteiger charge is 2.49. The Hall–Kier alpha value is -2.91. The van der Waals surface area contributed by atoms with Crippen molar-refractivity contribution in [2.75, 3.05) is 24.1 Å². The molecular formula is C18H18ClN7O2. The molecule has 0 bridgehead atoms. The van der Waals surface area contributed by atoms with Gasteiger partial charge >= 0.3 is 0 Å². The second-order valence-electron chi connectivity index (χ2n) is 7.38. The van der Waals surface area contributed by atoms with Gasteiger partial charge in [0.05, 0.1) is 17.4 Å². The van der Waals surface area contributed by atoms with Gasteiger partial charge in [-0.3, -0.25) is 9.78 Å². The molecule has 0 unspecified atom stereocenters. The lowest BCUT2D eigenvalue weighted by Gasteiger charge is -2.53. The number of nitrogens with two attached hydrogens (primary N) is 1. The zero-order valence-electron chi connectivity index (χ0n) is 14.9. The zero-order valence-corrected chi connectivity index (χ0v) is 15.6. The molecule has 1 aliphatic heterocycles. The van der Waals surface area contributed by atoms with Crippen molar-refractivity contribution in [1.29, 1.82) is 0 Å². The van der Waals surface area contributed by atoms with Gasteiger partial charge in [-0.15, -0.1) is 5.10 Å². The van der Waals surface area contributed by atoms with Crippen LogP contribution >= 0.6 is 11.6 Å². The van der Waals surface area contributed by atoms with Gasteiger partial charge in [0.15, 0.2) is 11.5 Å². The average molecular weight is 400 g/mol. The second-order valence-corrected chi connectivity index (χ2v) is 7.81. The molecule has 3 aromatic rings. The van der Waals surface area contributed by atoms with Crippen LogP contribution in [0.4, 0.5) is 11.5 Å². The molecule has 9 nitrogen and oxygen atoms in total. The first-order valence-electron chi connectivity index (χ1n) is 8.95. The van der Waals surface area contributed by atoms with E-state index in [1.807, 2.05) is 0 Å². The number of pyridine rings is 1. The van der Waals surface area contributed by atoms with Crippen LogP contribution in [0.2, 0.25) is 5.02 Å². The Balaban J connectivity index is 1.36. The van der Waals surface area contributed by atoms with E-state index in [4.69, 9.17) is 22.1 Å². The minimum atomic E-state index is -0.437. The summed E-state index contributed by atoms with van der Waals surface area (Å²) >= 11 is 5.92. The Kier molecular flexibility index (Phi) is 3.88. The normalized spacial score (nSPS) is 17.9. The van der Waals surface area contributed by atoms with Gasteiger partial charge < -0.3 is 21.1 Å². The molecule has 4 heterocycles. The third-order valence-electron chi connectivity index (χ3n) is 5.34. The number of ether oxygens (including phenoxy) is 1. The highest BCUT2D eigenvalue weighted by molar-refractivity contribution is 6.30. The summed E-state index contributed by atoms with van der Waals surface area (Å²) < 4.78 is 7.48. The van der Waals surface area contributed by atoms with Crippen molar-refractivity contribution in [3.63, 3.8) is 0 Å². The number of rotatable bonds is 4. The minimum absolute atomic E-state index is 0.0667. The highest BCUT2D eigenvalue weighted by atomic mass is 35.5. The smallest absolute Gasteiger partial charge is 0.263 e. The van der Waals surface area contributed by atoms with Crippen LogP contribution in [0.1, 0.15) is 23.2 Å². The van der Waals surface area contributed by atoms with Crippen molar-refractivity contribution in [2.45, 2.75) is 18.9 Å². The van der Waals surface area contributed by atoms with E-state index in [0.29, 0.717) is 27.5 Å². The predicted octanol–water partition coefficient (Wildman–Crippen LogP) is 1.74. The van der Waals surface area contributed by atoms with E-state index in [9.17, 15) is 4.79 Å². The van der Waals surface area contributed by atoms with E-state index in [0.717, 1.165) is 25.9 Å². The first-order valence-corrected chi connectivity index (χ1v) is 9.33. The van der Waals surface area contributed by atoms with E-state index in [1.54, 1.807) is 18.5 Å². The molecule has 28 heavy (non-hydrogen) atoms. The molecule has 1 saturated carbocycles. The van der Waals surface area contributed by atoms with E-state index in [-0.39, 0.29) is 17.5 Å². The molecule has 1 spiro atoms. The topological polar surface area (TPSA) is 119 Å². The molecule has 2 aliphatic rings. The first kappa shape index (κ1) is 17.2. The Morgan fingerprint density at radius 2 is 2.21 bits per heavy atom. The Bertz CT molecular complexity index is 1070. The molecule has 4 N–H and O–H groups in total. The summed E-state index contributed by atoms with van der Waals surface area (Å²) in [7, 11) is 0. The van der Waals surface area contributed by atoms with Gasteiger partial charge in [0.1, 0.15) is 23.1 Å². The molecule has 3 aromatic heterocycles. The van der Waals surface area contributed by atoms with Crippen molar-refractivity contribution < 1.29 is 9.53 Å². The molecule has 144 valence electrons. The molecule has 1 saturated heterocycles. The Labute approximate surface area is 165 Å². The van der Waals surface area contributed by atoms with Crippen molar-refractivity contribution in [3.05, 3.63) is 41.4 Å². The van der Waals surface area contributed by atoms with Crippen molar-refractivity contribution in [2.24, 2.45) is 5.41 Å². The largest absolute Gasteiger partial charge is 0.488 e. The summed E-state index contributed by atoms with van der Waals surface area (Å²) in [5.74, 6) is 0.215. The maximum Gasteiger partial charge on any atom is 0.263 e. The number of hydrogen-bond acceptors (Lipinski definition) is 7. The lowest BCUT2D eigenvalue weighted by molar-refractivity contribution is -0.0492. The van der Waals surface area contributed by atoms with Crippen LogP contribution < -0.4 is 21.1 Å². The Morgan fingerprint density at radius 3 is 2.96 bits per heavy atom. The molecule has 1 amide bonds. The molecular weight excluding hydrogens is 382 g/mol. The number of fused-ring (bicyclic) bond motifs is 1. The molecule has 2 fully saturated rings. The van der Waals surface area contributed by atoms with Crippen LogP contribution in [0.15, 0.2) is 30.9 Å². The van der Waals surface area contributed by atoms with Gasteiger partial charge in [0.2, 0.25) is 0 Å². The van der Waals surface area contributed by atoms with Crippen LogP contribution in [0, 0.1) is 5.41 Å². The van der Waals surface area contributed by atoms with Crippen LogP contribution in [0.5, 0.6) is 5.75 Å². The van der Waals surface area contributed by atoms with Crippen LogP contribution in [-0.4, -0.2) is 44.7 Å². The van der Waals surface area contributed by atoms with E-state index in [1.165, 1.54) is 16.9 Å². The molecule has 0 atom stereocenters. The summed E-state index contributed by atoms with van der Waals surface area (Å²) in [6, 6.07) is 1.75. The standard InChI is InChI=1S/C18H18ClN7O2/c19-10-5-23-16-14(15(20)25-26(16)7-10)17(27)24-12-6-21-2-1-13(12)28-11-3-18(4-11)8-22-9-18/h1-2,5-7,11,22H,3-4,8-9H2,(H2,20,25)(H,24,27). The van der Waals surface area contributed by atoms with Gasteiger partial charge in [-0.1, -0.05) is 11.6 Å². The monoisotopic (exact) mass is 399 g/mol. The lowest BCUT2D eigenvalue weighted by Crippen LogP contribution is -2.62. The predicted molar refractivity (Wildman–Crippen MR) is 104 cm³/mol. The van der Waals surface area contributed by atoms with Gasteiger partial charge in [-0.25, -0.2) is 9.50 Å². The summed E-state index contributed by atoms with van der Waals surface area (Å²) in [4.78, 5) is 21.1. The maximum absolute atomic E-state index is 12.9. The molecule has 10 heteroatoms. The number of anilines is 2. The SMILES string of the molecule is Nc1nn2cc(Cl)cnc2c1C(=O)Nc1cnccc1OC1CC2(CNC2)C1. The number of nitrogens with one attached hydrogen (secondary N) is 2. The zero-order chi connectivity index (χ0) is 19.3. The summed E-state index contributed by atoms with van der Waals surface area (Å²) in [6.45, 7) is 2.11. The summed E-state index contributed by atoms with van der Waals surface area (Å²) in [5.41, 5.74) is 7.31. The number of halogens is 1. The number of aromatic nitrogens is 4. The van der Waals surface area contributed by atoms with Crippen LogP contribution in [-0.2, 0) is 0 Å². The molecule has 1 aliphatic carbocycles. The third kappa shape index (κ3) is 2.83. The number of carbonyl (C=O) groups excluding carboxylic acids is 1. The molecule has 0 radical (unpaired) electrons. The van der Waals surface area contributed by atoms with Crippen LogP contribution in [0.25, 0.3) is 5.65 Å². The fraction of sp³-hybridized carbons (Fsp3) is 0.333. The molecule has 5 rings (SSSR count). The van der Waals surface area contributed by atoms with Gasteiger partial charge in [0, 0.05) is 37.0 Å². The second kappa shape index (κ2) is 6.32. The first-order chi connectivity index (χ1) is 13.5.